The summed E-state index contributed by atoms with van der Waals surface area (Å²) in [6, 6.07) is 19.7. The van der Waals surface area contributed by atoms with Crippen molar-refractivity contribution < 1.29 is 27.5 Å². The van der Waals surface area contributed by atoms with Crippen LogP contribution in [0.1, 0.15) is 41.6 Å². The number of ether oxygens (including phenoxy) is 2. The molecular weight excluding hydrogens is 550 g/mol. The molecule has 3 aromatic carbocycles. The summed E-state index contributed by atoms with van der Waals surface area (Å²) in [6.07, 6.45) is 1.75. The number of methoxy groups -OCH3 is 1. The molecule has 0 fully saturated rings. The molecule has 0 radical (unpaired) electrons. The Morgan fingerprint density at radius 3 is 2.45 bits per heavy atom. The van der Waals surface area contributed by atoms with Crippen molar-refractivity contribution in [1.82, 2.24) is 9.88 Å². The third kappa shape index (κ3) is 7.16. The Morgan fingerprint density at radius 1 is 1.00 bits per heavy atom. The number of thiazole rings is 1. The maximum atomic E-state index is 13.5. The fourth-order valence-electron chi connectivity index (χ4n) is 4.07. The minimum absolute atomic E-state index is 0.0901. The van der Waals surface area contributed by atoms with E-state index in [4.69, 9.17) is 9.47 Å². The van der Waals surface area contributed by atoms with E-state index in [-0.39, 0.29) is 15.3 Å². The van der Waals surface area contributed by atoms with Crippen LogP contribution in [0.25, 0.3) is 10.8 Å². The van der Waals surface area contributed by atoms with Crippen LogP contribution in [-0.2, 0) is 32.5 Å². The second-order valence-corrected chi connectivity index (χ2v) is 12.6. The van der Waals surface area contributed by atoms with E-state index in [1.54, 1.807) is 31.4 Å². The smallest absolute Gasteiger partial charge is 0.407 e. The Morgan fingerprint density at radius 2 is 1.70 bits per heavy atom. The van der Waals surface area contributed by atoms with Gasteiger partial charge in [0.2, 0.25) is 4.80 Å². The van der Waals surface area contributed by atoms with E-state index >= 15 is 0 Å². The average Bonchev–Trinajstić information content (AvgIpc) is 3.27. The Labute approximate surface area is 237 Å². The van der Waals surface area contributed by atoms with Gasteiger partial charge in [-0.25, -0.2) is 9.59 Å². The van der Waals surface area contributed by atoms with Crippen LogP contribution in [0.4, 0.5) is 4.79 Å². The molecule has 0 atom stereocenters. The summed E-state index contributed by atoms with van der Waals surface area (Å²) in [5, 5.41) is 4.84. The quantitative estimate of drug-likeness (QED) is 0.296. The maximum Gasteiger partial charge on any atom is 0.407 e. The van der Waals surface area contributed by atoms with Gasteiger partial charge in [-0.1, -0.05) is 54.6 Å². The van der Waals surface area contributed by atoms with Crippen molar-refractivity contribution in [2.45, 2.75) is 44.2 Å². The van der Waals surface area contributed by atoms with Crippen LogP contribution in [0, 0.1) is 0 Å². The molecule has 0 bridgehead atoms. The number of sulfonamides is 1. The molecule has 11 heteroatoms. The number of hydrogen-bond donors (Lipinski definition) is 1. The van der Waals surface area contributed by atoms with Crippen molar-refractivity contribution in [2.24, 2.45) is 4.40 Å². The molecule has 1 aromatic heterocycles. The number of esters is 1. The van der Waals surface area contributed by atoms with Crippen molar-refractivity contribution in [3.63, 3.8) is 0 Å². The van der Waals surface area contributed by atoms with Crippen LogP contribution in [0.5, 0.6) is 0 Å². The van der Waals surface area contributed by atoms with E-state index in [2.05, 4.69) is 9.71 Å². The number of nitrogens with one attached hydrogen (secondary N) is 1. The number of aromatic nitrogens is 1. The van der Waals surface area contributed by atoms with Crippen LogP contribution in [-0.4, -0.2) is 44.3 Å². The molecule has 4 aromatic rings. The van der Waals surface area contributed by atoms with E-state index in [9.17, 15) is 18.0 Å². The summed E-state index contributed by atoms with van der Waals surface area (Å²) >= 11 is 1.20. The van der Waals surface area contributed by atoms with Gasteiger partial charge in [-0.2, -0.15) is 8.42 Å². The van der Waals surface area contributed by atoms with Gasteiger partial charge in [-0.05, 0) is 49.2 Å². The number of rotatable bonds is 8. The van der Waals surface area contributed by atoms with Gasteiger partial charge in [-0.3, -0.25) is 0 Å². The fraction of sp³-hybridized carbons (Fsp3) is 0.276. The van der Waals surface area contributed by atoms with Crippen molar-refractivity contribution in [3.8, 4) is 0 Å². The van der Waals surface area contributed by atoms with Crippen LogP contribution in [0.15, 0.2) is 82.2 Å². The molecule has 210 valence electrons. The normalized spacial score (nSPS) is 12.3. The summed E-state index contributed by atoms with van der Waals surface area (Å²) in [4.78, 5) is 25.1. The number of benzene rings is 3. The summed E-state index contributed by atoms with van der Waals surface area (Å²) in [5.74, 6) is -0.766. The topological polar surface area (TPSA) is 116 Å². The van der Waals surface area contributed by atoms with Gasteiger partial charge in [0.1, 0.15) is 10.5 Å². The predicted octanol–water partition coefficient (Wildman–Crippen LogP) is 4.89. The lowest BCUT2D eigenvalue weighted by atomic mass is 10.0. The molecular formula is C29H31N3O6S2. The molecule has 40 heavy (non-hydrogen) atoms. The van der Waals surface area contributed by atoms with Crippen LogP contribution in [0.3, 0.4) is 0 Å². The van der Waals surface area contributed by atoms with Crippen molar-refractivity contribution in [3.05, 3.63) is 93.7 Å². The highest BCUT2D eigenvalue weighted by atomic mass is 32.2. The average molecular weight is 582 g/mol. The van der Waals surface area contributed by atoms with E-state index in [0.29, 0.717) is 19.5 Å². The maximum absolute atomic E-state index is 13.5. The Kier molecular flexibility index (Phi) is 8.75. The van der Waals surface area contributed by atoms with Crippen LogP contribution in [0.2, 0.25) is 0 Å². The second kappa shape index (κ2) is 12.1. The molecule has 0 aliphatic carbocycles. The molecule has 0 aliphatic heterocycles. The van der Waals surface area contributed by atoms with Gasteiger partial charge >= 0.3 is 12.1 Å². The first-order valence-corrected chi connectivity index (χ1v) is 14.8. The van der Waals surface area contributed by atoms with E-state index in [1.165, 1.54) is 36.6 Å². The Hall–Kier alpha value is -3.96. The number of nitrogens with zero attached hydrogens (tertiary/aromatic N) is 2. The first kappa shape index (κ1) is 29.0. The lowest BCUT2D eigenvalue weighted by Crippen LogP contribution is -2.33. The largest absolute Gasteiger partial charge is 0.465 e. The van der Waals surface area contributed by atoms with Gasteiger partial charge in [0.05, 0.1) is 19.2 Å². The van der Waals surface area contributed by atoms with Crippen molar-refractivity contribution >= 4 is 44.2 Å². The van der Waals surface area contributed by atoms with Crippen LogP contribution < -0.4 is 10.1 Å². The first-order chi connectivity index (χ1) is 19.0. The molecule has 1 heterocycles. The molecule has 9 nitrogen and oxygen atoms in total. The molecule has 0 saturated heterocycles. The number of alkyl carbamates (subject to hydrolysis) is 1. The SMILES string of the molecule is COC(=O)c1ccccc1S(=O)(=O)N=c1sc(CCNC(=O)OC(C)(C)C)cn1Cc1cccc2ccccc12. The molecule has 4 rings (SSSR count). The van der Waals surface area contributed by atoms with Crippen molar-refractivity contribution in [2.75, 3.05) is 13.7 Å². The number of amides is 1. The molecule has 0 saturated carbocycles. The van der Waals surface area contributed by atoms with Crippen LogP contribution >= 0.6 is 11.3 Å². The fourth-order valence-corrected chi connectivity index (χ4v) is 6.45. The highest BCUT2D eigenvalue weighted by molar-refractivity contribution is 7.90. The first-order valence-electron chi connectivity index (χ1n) is 12.6. The minimum atomic E-state index is -4.27. The highest BCUT2D eigenvalue weighted by Crippen LogP contribution is 2.21. The highest BCUT2D eigenvalue weighted by Gasteiger charge is 2.23. The number of fused-ring (bicyclic) bond motifs is 1. The third-order valence-corrected chi connectivity index (χ3v) is 8.32. The lowest BCUT2D eigenvalue weighted by molar-refractivity contribution is 0.0527. The Bertz CT molecular complexity index is 1710. The van der Waals surface area contributed by atoms with Crippen molar-refractivity contribution in [1.29, 1.82) is 0 Å². The van der Waals surface area contributed by atoms with Gasteiger partial charge in [0.15, 0.2) is 0 Å². The summed E-state index contributed by atoms with van der Waals surface area (Å²) in [5.41, 5.74) is 0.283. The van der Waals surface area contributed by atoms with E-state index < -0.39 is 27.7 Å². The standard InChI is InChI=1S/C29H31N3O6S2/c1-29(2,3)38-28(34)30-17-16-22-19-32(18-21-12-9-11-20-10-5-6-13-23(20)21)27(39-22)31-40(35,36)25-15-8-7-14-24(25)26(33)37-4/h5-15,19H,16-18H2,1-4H3,(H,30,34). The molecule has 0 spiro atoms. The number of carbonyl (C=O) groups is 2. The van der Waals surface area contributed by atoms with Gasteiger partial charge in [-0.15, -0.1) is 15.7 Å². The van der Waals surface area contributed by atoms with Gasteiger partial charge < -0.3 is 19.4 Å². The summed E-state index contributed by atoms with van der Waals surface area (Å²) in [7, 11) is -3.08. The minimum Gasteiger partial charge on any atom is -0.465 e. The second-order valence-electron chi connectivity index (χ2n) is 9.98. The monoisotopic (exact) mass is 581 g/mol. The lowest BCUT2D eigenvalue weighted by Gasteiger charge is -2.19. The summed E-state index contributed by atoms with van der Waals surface area (Å²) < 4.78 is 42.9. The Balaban J connectivity index is 1.72. The van der Waals surface area contributed by atoms with Gasteiger partial charge in [0, 0.05) is 24.0 Å². The zero-order valence-electron chi connectivity index (χ0n) is 22.7. The number of hydrogen-bond acceptors (Lipinski definition) is 7. The summed E-state index contributed by atoms with van der Waals surface area (Å²) in [6.45, 7) is 6.02. The molecule has 1 N–H and O–H groups in total. The zero-order valence-corrected chi connectivity index (χ0v) is 24.3. The zero-order chi connectivity index (χ0) is 28.9. The number of carbonyl (C=O) groups excluding carboxylic acids is 2. The van der Waals surface area contributed by atoms with E-state index in [1.807, 2.05) is 48.7 Å². The molecule has 1 amide bonds. The molecule has 0 aliphatic rings. The van der Waals surface area contributed by atoms with Gasteiger partial charge in [0.25, 0.3) is 10.0 Å². The third-order valence-electron chi connectivity index (χ3n) is 5.80. The predicted molar refractivity (Wildman–Crippen MR) is 154 cm³/mol. The molecule has 0 unspecified atom stereocenters. The van der Waals surface area contributed by atoms with E-state index in [0.717, 1.165) is 21.2 Å².